The standard InChI is InChI=1S/C34H25Ge.C3H9Si/c1-6-16-26(17-7-1)31-32(27-18-8-2-9-19-27)34(29-22-12-4-13-23-29)35(30-24-14-5-15-25-30)33(31)28-20-10-3-11-21-28;1-4(2)3/h1-25H;1-3H3. The van der Waals surface area contributed by atoms with E-state index in [0.717, 1.165) is 0 Å². The van der Waals surface area contributed by atoms with Crippen LogP contribution in [0.15, 0.2) is 152 Å². The molecule has 0 atom stereocenters. The Kier molecular flexibility index (Phi) is 8.93. The van der Waals surface area contributed by atoms with Gasteiger partial charge in [0.1, 0.15) is 0 Å². The molecule has 39 heavy (non-hydrogen) atoms. The Morgan fingerprint density at radius 3 is 0.923 bits per heavy atom. The van der Waals surface area contributed by atoms with Crippen molar-refractivity contribution in [3.8, 4) is 0 Å². The molecule has 0 fully saturated rings. The van der Waals surface area contributed by atoms with E-state index >= 15 is 0 Å². The Balaban J connectivity index is 0.000000723. The van der Waals surface area contributed by atoms with Crippen LogP contribution in [0.2, 0.25) is 19.6 Å². The maximum atomic E-state index is 2.34. The van der Waals surface area contributed by atoms with E-state index in [1.807, 2.05) is 0 Å². The van der Waals surface area contributed by atoms with Crippen LogP contribution in [-0.4, -0.2) is 23.1 Å². The van der Waals surface area contributed by atoms with E-state index in [1.54, 1.807) is 0 Å². The summed E-state index contributed by atoms with van der Waals surface area (Å²) in [5, 5.41) is 0. The number of hydrogen-bond acceptors (Lipinski definition) is 0. The molecule has 1 heterocycles. The molecular weight excluding hydrogens is 545 g/mol. The fourth-order valence-corrected chi connectivity index (χ4v) is 12.0. The van der Waals surface area contributed by atoms with Crippen LogP contribution < -0.4 is 4.40 Å². The van der Waals surface area contributed by atoms with Crippen LogP contribution in [0.25, 0.3) is 20.0 Å². The summed E-state index contributed by atoms with van der Waals surface area (Å²) in [6.45, 7) is 6.81. The fraction of sp³-hybridized carbons (Fsp3) is 0.0811. The van der Waals surface area contributed by atoms with Crippen LogP contribution in [-0.2, 0) is 0 Å². The average Bonchev–Trinajstić information content (AvgIpc) is 3.35. The van der Waals surface area contributed by atoms with Gasteiger partial charge in [0.2, 0.25) is 0 Å². The van der Waals surface area contributed by atoms with Gasteiger partial charge in [-0.3, -0.25) is 0 Å². The molecule has 0 aliphatic carbocycles. The van der Waals surface area contributed by atoms with Crippen LogP contribution in [0.1, 0.15) is 22.3 Å². The van der Waals surface area contributed by atoms with Gasteiger partial charge in [0.15, 0.2) is 0 Å². The van der Waals surface area contributed by atoms with Crippen molar-refractivity contribution in [2.45, 2.75) is 19.6 Å². The van der Waals surface area contributed by atoms with Gasteiger partial charge in [0, 0.05) is 8.80 Å². The first-order valence-electron chi connectivity index (χ1n) is 13.6. The summed E-state index contributed by atoms with van der Waals surface area (Å²) < 4.78 is 4.53. The van der Waals surface area contributed by atoms with Gasteiger partial charge in [-0.15, -0.1) is 0 Å². The molecule has 2 heteroatoms. The van der Waals surface area contributed by atoms with Crippen molar-refractivity contribution in [1.82, 2.24) is 0 Å². The van der Waals surface area contributed by atoms with E-state index in [-0.39, 0.29) is 8.80 Å². The molecule has 0 unspecified atom stereocenters. The molecule has 0 amide bonds. The Morgan fingerprint density at radius 2 is 0.615 bits per heavy atom. The summed E-state index contributed by atoms with van der Waals surface area (Å²) in [6.07, 6.45) is 0. The minimum atomic E-state index is -2.21. The molecule has 0 saturated carbocycles. The molecule has 0 spiro atoms. The molecule has 190 valence electrons. The van der Waals surface area contributed by atoms with E-state index in [2.05, 4.69) is 171 Å². The second kappa shape index (κ2) is 12.9. The molecular formula is C37H34GeSi. The second-order valence-electron chi connectivity index (χ2n) is 10.2. The predicted octanol–water partition coefficient (Wildman–Crippen LogP) is 9.07. The molecule has 0 bridgehead atoms. The third-order valence-corrected chi connectivity index (χ3v) is 12.8. The van der Waals surface area contributed by atoms with Crippen molar-refractivity contribution in [3.05, 3.63) is 174 Å². The zero-order valence-corrected chi connectivity index (χ0v) is 26.0. The summed E-state index contributed by atoms with van der Waals surface area (Å²) in [5.41, 5.74) is 8.03. The first kappa shape index (κ1) is 26.9. The van der Waals surface area contributed by atoms with Crippen molar-refractivity contribution in [3.63, 3.8) is 0 Å². The van der Waals surface area contributed by atoms with Gasteiger partial charge >= 0.3 is 213 Å². The van der Waals surface area contributed by atoms with Crippen LogP contribution in [0.5, 0.6) is 0 Å². The number of benzene rings is 5. The van der Waals surface area contributed by atoms with Gasteiger partial charge < -0.3 is 0 Å². The number of hydrogen-bond donors (Lipinski definition) is 0. The first-order valence-corrected chi connectivity index (χ1v) is 19.7. The van der Waals surface area contributed by atoms with Crippen molar-refractivity contribution in [1.29, 1.82) is 0 Å². The Hall–Kier alpha value is -3.66. The average molecular weight is 579 g/mol. The molecule has 2 radical (unpaired) electrons. The van der Waals surface area contributed by atoms with Crippen LogP contribution in [0.4, 0.5) is 0 Å². The molecule has 5 aromatic rings. The molecule has 0 aromatic heterocycles. The van der Waals surface area contributed by atoms with Crippen molar-refractivity contribution in [2.75, 3.05) is 0 Å². The fourth-order valence-electron chi connectivity index (χ4n) is 5.09. The Bertz CT molecular complexity index is 1440. The second-order valence-corrected chi connectivity index (χ2v) is 18.1. The van der Waals surface area contributed by atoms with Crippen molar-refractivity contribution in [2.24, 2.45) is 0 Å². The molecule has 0 N–H and O–H groups in total. The van der Waals surface area contributed by atoms with Gasteiger partial charge in [-0.05, 0) is 0 Å². The Morgan fingerprint density at radius 1 is 0.359 bits per heavy atom. The molecule has 0 nitrogen and oxygen atoms in total. The summed E-state index contributed by atoms with van der Waals surface area (Å²) in [5.74, 6) is 0. The third-order valence-electron chi connectivity index (χ3n) is 6.56. The third kappa shape index (κ3) is 6.16. The van der Waals surface area contributed by atoms with Crippen molar-refractivity contribution >= 4 is 47.5 Å². The van der Waals surface area contributed by atoms with Crippen molar-refractivity contribution < 1.29 is 0 Å². The van der Waals surface area contributed by atoms with E-state index in [4.69, 9.17) is 0 Å². The monoisotopic (exact) mass is 580 g/mol. The van der Waals surface area contributed by atoms with Crippen LogP contribution >= 0.6 is 0 Å². The molecule has 1 aliphatic rings. The van der Waals surface area contributed by atoms with Crippen LogP contribution in [0, 0.1) is 0 Å². The van der Waals surface area contributed by atoms with Gasteiger partial charge in [-0.2, -0.15) is 0 Å². The zero-order valence-electron chi connectivity index (χ0n) is 22.9. The van der Waals surface area contributed by atoms with Gasteiger partial charge in [-0.25, -0.2) is 0 Å². The molecule has 1 aliphatic heterocycles. The Labute approximate surface area is 240 Å². The SMILES string of the molecule is C[Si](C)C.c1ccc(C2=[C](c3ccccc3)[Ge]([c]3ccccc3)[C](c3ccccc3)=C2c2ccccc2)cc1. The summed E-state index contributed by atoms with van der Waals surface area (Å²) in [6, 6.07) is 55.3. The summed E-state index contributed by atoms with van der Waals surface area (Å²) in [4.78, 5) is 0. The van der Waals surface area contributed by atoms with Crippen LogP contribution in [0.3, 0.4) is 0 Å². The summed E-state index contributed by atoms with van der Waals surface area (Å²) in [7, 11) is 0.120. The molecule has 5 aromatic carbocycles. The van der Waals surface area contributed by atoms with E-state index in [1.165, 1.54) is 46.6 Å². The number of rotatable bonds is 5. The van der Waals surface area contributed by atoms with Gasteiger partial charge in [-0.1, -0.05) is 19.6 Å². The molecule has 6 rings (SSSR count). The maximum absolute atomic E-state index is 2.34. The minimum absolute atomic E-state index is 0.120. The van der Waals surface area contributed by atoms with Gasteiger partial charge in [0.05, 0.1) is 0 Å². The van der Waals surface area contributed by atoms with Gasteiger partial charge in [0.25, 0.3) is 0 Å². The first-order chi connectivity index (χ1) is 19.1. The topological polar surface area (TPSA) is 0 Å². The zero-order chi connectivity index (χ0) is 27.0. The quantitative estimate of drug-likeness (QED) is 0.182. The summed E-state index contributed by atoms with van der Waals surface area (Å²) >= 11 is -2.21. The number of allylic oxidation sites excluding steroid dienone is 2. The van der Waals surface area contributed by atoms with E-state index < -0.39 is 14.3 Å². The molecule has 0 saturated heterocycles. The van der Waals surface area contributed by atoms with E-state index in [0.29, 0.717) is 0 Å². The normalized spacial score (nSPS) is 13.4. The van der Waals surface area contributed by atoms with E-state index in [9.17, 15) is 0 Å². The predicted molar refractivity (Wildman–Crippen MR) is 175 cm³/mol.